The molecule has 2 amide bonds. The van der Waals surface area contributed by atoms with Gasteiger partial charge < -0.3 is 10.1 Å². The Morgan fingerprint density at radius 1 is 1.30 bits per heavy atom. The predicted molar refractivity (Wildman–Crippen MR) is 86.6 cm³/mol. The van der Waals surface area contributed by atoms with Crippen molar-refractivity contribution in [3.63, 3.8) is 0 Å². The Bertz CT molecular complexity index is 711. The number of amides is 2. The second-order valence-electron chi connectivity index (χ2n) is 4.43. The van der Waals surface area contributed by atoms with E-state index in [1.165, 1.54) is 13.1 Å². The van der Waals surface area contributed by atoms with Crippen LogP contribution in [0.1, 0.15) is 17.5 Å². The van der Waals surface area contributed by atoms with Gasteiger partial charge >= 0.3 is 0 Å². The fourth-order valence-corrected chi connectivity index (χ4v) is 2.36. The lowest BCUT2D eigenvalue weighted by molar-refractivity contribution is -0.120. The van der Waals surface area contributed by atoms with E-state index in [4.69, 9.17) is 4.74 Å². The van der Waals surface area contributed by atoms with E-state index >= 15 is 0 Å². The molecule has 0 aliphatic rings. The van der Waals surface area contributed by atoms with Crippen LogP contribution in [0.2, 0.25) is 0 Å². The molecular weight excluding hydrogens is 318 g/mol. The van der Waals surface area contributed by atoms with Crippen LogP contribution >= 0.6 is 11.3 Å². The highest BCUT2D eigenvalue weighted by atomic mass is 32.1. The number of hydrogen-bond donors (Lipinski definition) is 2. The highest BCUT2D eigenvalue weighted by Gasteiger charge is 2.09. The molecule has 0 spiro atoms. The Labute approximate surface area is 136 Å². The van der Waals surface area contributed by atoms with Crippen LogP contribution in [0, 0.1) is 0 Å². The maximum atomic E-state index is 11.7. The predicted octanol–water partition coefficient (Wildman–Crippen LogP) is 1.20. The lowest BCUT2D eigenvalue weighted by Gasteiger charge is -1.99. The van der Waals surface area contributed by atoms with Crippen molar-refractivity contribution < 1.29 is 14.3 Å². The first-order chi connectivity index (χ1) is 11.1. The summed E-state index contributed by atoms with van der Waals surface area (Å²) in [6, 6.07) is 7.24. The molecular formula is C14H15N5O3S. The number of hydrogen-bond acceptors (Lipinski definition) is 7. The van der Waals surface area contributed by atoms with Crippen LogP contribution < -0.4 is 15.5 Å². The van der Waals surface area contributed by atoms with Gasteiger partial charge in [0.2, 0.25) is 16.9 Å². The molecule has 2 aromatic rings. The summed E-state index contributed by atoms with van der Waals surface area (Å²) in [5.41, 5.74) is 3.24. The van der Waals surface area contributed by atoms with Crippen LogP contribution in [0.3, 0.4) is 0 Å². The summed E-state index contributed by atoms with van der Waals surface area (Å²) >= 11 is 1.14. The highest BCUT2D eigenvalue weighted by molar-refractivity contribution is 7.15. The van der Waals surface area contributed by atoms with Gasteiger partial charge in [0, 0.05) is 6.92 Å². The van der Waals surface area contributed by atoms with E-state index in [2.05, 4.69) is 26.0 Å². The van der Waals surface area contributed by atoms with Crippen LogP contribution in [-0.4, -0.2) is 35.3 Å². The van der Waals surface area contributed by atoms with Crippen molar-refractivity contribution in [2.45, 2.75) is 13.3 Å². The van der Waals surface area contributed by atoms with E-state index in [0.29, 0.717) is 10.1 Å². The van der Waals surface area contributed by atoms with Gasteiger partial charge in [-0.25, -0.2) is 5.43 Å². The van der Waals surface area contributed by atoms with Crippen molar-refractivity contribution in [1.82, 2.24) is 15.6 Å². The van der Waals surface area contributed by atoms with Gasteiger partial charge in [-0.15, -0.1) is 10.2 Å². The zero-order chi connectivity index (χ0) is 16.7. The van der Waals surface area contributed by atoms with Gasteiger partial charge in [-0.3, -0.25) is 9.59 Å². The molecule has 0 aliphatic carbocycles. The molecule has 0 saturated carbocycles. The summed E-state index contributed by atoms with van der Waals surface area (Å²) in [7, 11) is 1.59. The maximum Gasteiger partial charge on any atom is 0.247 e. The molecule has 0 saturated heterocycles. The molecule has 2 rings (SSSR count). The second-order valence-corrected chi connectivity index (χ2v) is 5.49. The number of carbonyl (C=O) groups is 2. The lowest BCUT2D eigenvalue weighted by Crippen LogP contribution is -2.19. The van der Waals surface area contributed by atoms with Crippen molar-refractivity contribution in [1.29, 1.82) is 0 Å². The van der Waals surface area contributed by atoms with E-state index in [1.54, 1.807) is 19.2 Å². The first kappa shape index (κ1) is 16.6. The van der Waals surface area contributed by atoms with Crippen molar-refractivity contribution >= 4 is 34.5 Å². The van der Waals surface area contributed by atoms with Crippen LogP contribution in [0.15, 0.2) is 29.4 Å². The van der Waals surface area contributed by atoms with Crippen LogP contribution in [0.5, 0.6) is 5.75 Å². The van der Waals surface area contributed by atoms with E-state index in [9.17, 15) is 9.59 Å². The molecule has 2 N–H and O–H groups in total. The van der Waals surface area contributed by atoms with Crippen LogP contribution in [0.4, 0.5) is 5.13 Å². The summed E-state index contributed by atoms with van der Waals surface area (Å²) in [5, 5.41) is 14.8. The van der Waals surface area contributed by atoms with Gasteiger partial charge in [0.1, 0.15) is 10.8 Å². The number of aromatic nitrogens is 2. The molecule has 0 aliphatic heterocycles. The molecule has 0 unspecified atom stereocenters. The number of benzene rings is 1. The second kappa shape index (κ2) is 7.99. The smallest absolute Gasteiger partial charge is 0.247 e. The first-order valence-corrected chi connectivity index (χ1v) is 7.44. The minimum Gasteiger partial charge on any atom is -0.497 e. The molecule has 1 aromatic heterocycles. The Kier molecular flexibility index (Phi) is 5.75. The topological polar surface area (TPSA) is 106 Å². The fraction of sp³-hybridized carbons (Fsp3) is 0.214. The molecule has 120 valence electrons. The quantitative estimate of drug-likeness (QED) is 0.610. The fourth-order valence-electron chi connectivity index (χ4n) is 1.57. The van der Waals surface area contributed by atoms with E-state index < -0.39 is 0 Å². The monoisotopic (exact) mass is 333 g/mol. The van der Waals surface area contributed by atoms with Crippen molar-refractivity contribution in [2.75, 3.05) is 12.4 Å². The lowest BCUT2D eigenvalue weighted by atomic mass is 10.2. The number of hydrazone groups is 1. The molecule has 0 fully saturated rings. The number of carbonyl (C=O) groups excluding carboxylic acids is 2. The van der Waals surface area contributed by atoms with Crippen LogP contribution in [0.25, 0.3) is 0 Å². The normalized spacial score (nSPS) is 10.5. The number of methoxy groups -OCH3 is 1. The summed E-state index contributed by atoms with van der Waals surface area (Å²) in [6.07, 6.45) is 1.57. The zero-order valence-electron chi connectivity index (χ0n) is 12.6. The van der Waals surface area contributed by atoms with Gasteiger partial charge in [0.15, 0.2) is 0 Å². The Morgan fingerprint density at radius 2 is 2.04 bits per heavy atom. The third kappa shape index (κ3) is 5.47. The van der Waals surface area contributed by atoms with E-state index in [0.717, 1.165) is 22.6 Å². The summed E-state index contributed by atoms with van der Waals surface area (Å²) in [5.74, 6) is 0.193. The number of ether oxygens (including phenoxy) is 1. The highest BCUT2D eigenvalue weighted by Crippen LogP contribution is 2.15. The molecule has 0 bridgehead atoms. The molecule has 8 nitrogen and oxygen atoms in total. The summed E-state index contributed by atoms with van der Waals surface area (Å²) in [6.45, 7) is 1.38. The van der Waals surface area contributed by atoms with Crippen molar-refractivity contribution in [2.24, 2.45) is 5.10 Å². The third-order valence-electron chi connectivity index (χ3n) is 2.58. The maximum absolute atomic E-state index is 11.7. The Hall–Kier alpha value is -2.81. The summed E-state index contributed by atoms with van der Waals surface area (Å²) < 4.78 is 5.05. The molecule has 1 aromatic carbocycles. The average Bonchev–Trinajstić information content (AvgIpc) is 2.94. The van der Waals surface area contributed by atoms with Gasteiger partial charge in [-0.05, 0) is 29.8 Å². The number of nitrogens with zero attached hydrogens (tertiary/aromatic N) is 3. The van der Waals surface area contributed by atoms with E-state index in [1.807, 2.05) is 12.1 Å². The van der Waals surface area contributed by atoms with Gasteiger partial charge in [-0.2, -0.15) is 5.10 Å². The Balaban J connectivity index is 1.83. The molecule has 23 heavy (non-hydrogen) atoms. The third-order valence-corrected chi connectivity index (χ3v) is 3.42. The SMILES string of the molecule is COc1ccc(C=NNC(=O)Cc2nnc(NC(C)=O)s2)cc1. The molecule has 1 heterocycles. The molecule has 0 atom stereocenters. The first-order valence-electron chi connectivity index (χ1n) is 6.63. The van der Waals surface area contributed by atoms with Crippen LogP contribution in [-0.2, 0) is 16.0 Å². The van der Waals surface area contributed by atoms with Gasteiger partial charge in [-0.1, -0.05) is 11.3 Å². The average molecular weight is 333 g/mol. The number of anilines is 1. The van der Waals surface area contributed by atoms with E-state index in [-0.39, 0.29) is 18.2 Å². The molecule has 0 radical (unpaired) electrons. The summed E-state index contributed by atoms with van der Waals surface area (Å²) in [4.78, 5) is 22.6. The minimum absolute atomic E-state index is 0.0389. The largest absolute Gasteiger partial charge is 0.497 e. The zero-order valence-corrected chi connectivity index (χ0v) is 13.4. The van der Waals surface area contributed by atoms with Gasteiger partial charge in [0.05, 0.1) is 19.7 Å². The van der Waals surface area contributed by atoms with Crippen molar-refractivity contribution in [3.8, 4) is 5.75 Å². The minimum atomic E-state index is -0.319. The standard InChI is InChI=1S/C14H15N5O3S/c1-9(20)16-14-19-18-13(23-14)7-12(21)17-15-8-10-3-5-11(22-2)6-4-10/h3-6,8H,7H2,1-2H3,(H,17,21)(H,16,19,20). The van der Waals surface area contributed by atoms with Gasteiger partial charge in [0.25, 0.3) is 0 Å². The van der Waals surface area contributed by atoms with Crippen molar-refractivity contribution in [3.05, 3.63) is 34.8 Å². The Morgan fingerprint density at radius 3 is 2.70 bits per heavy atom. The number of rotatable bonds is 6. The molecule has 9 heteroatoms. The number of nitrogens with one attached hydrogen (secondary N) is 2.